The van der Waals surface area contributed by atoms with E-state index in [1.165, 1.54) is 19.3 Å². The average Bonchev–Trinajstić information content (AvgIpc) is 2.66. The monoisotopic (exact) mass is 358 g/mol. The van der Waals surface area contributed by atoms with Crippen LogP contribution >= 0.6 is 0 Å². The number of carbonyl (C=O) groups is 2. The van der Waals surface area contributed by atoms with Crippen LogP contribution in [0.1, 0.15) is 37.7 Å². The molecule has 6 heteroatoms. The third-order valence-corrected chi connectivity index (χ3v) is 5.26. The molecular formula is C20H30N4O2. The second-order valence-electron chi connectivity index (χ2n) is 7.45. The SMILES string of the molecule is Cc1ccc(NC(=O)C2CCCNC2)cc1NC(=O)CN1CCCCC1. The molecule has 2 amide bonds. The maximum Gasteiger partial charge on any atom is 0.238 e. The Balaban J connectivity index is 1.57. The van der Waals surface area contributed by atoms with Gasteiger partial charge < -0.3 is 16.0 Å². The van der Waals surface area contributed by atoms with Crippen molar-refractivity contribution in [1.82, 2.24) is 10.2 Å². The van der Waals surface area contributed by atoms with Crippen molar-refractivity contribution in [2.45, 2.75) is 39.0 Å². The lowest BCUT2D eigenvalue weighted by molar-refractivity contribution is -0.120. The van der Waals surface area contributed by atoms with E-state index >= 15 is 0 Å². The Morgan fingerprint density at radius 2 is 1.96 bits per heavy atom. The average molecular weight is 358 g/mol. The molecule has 3 rings (SSSR count). The highest BCUT2D eigenvalue weighted by molar-refractivity contribution is 5.96. The van der Waals surface area contributed by atoms with E-state index in [0.29, 0.717) is 6.54 Å². The maximum atomic E-state index is 12.4. The molecule has 1 aromatic rings. The summed E-state index contributed by atoms with van der Waals surface area (Å²) in [5.74, 6) is 0.0730. The molecule has 0 bridgehead atoms. The molecular weight excluding hydrogens is 328 g/mol. The Morgan fingerprint density at radius 3 is 2.69 bits per heavy atom. The Bertz CT molecular complexity index is 635. The highest BCUT2D eigenvalue weighted by Crippen LogP contribution is 2.22. The molecule has 2 heterocycles. The van der Waals surface area contributed by atoms with Crippen LogP contribution in [0, 0.1) is 12.8 Å². The zero-order valence-corrected chi connectivity index (χ0v) is 15.6. The molecule has 2 aliphatic heterocycles. The van der Waals surface area contributed by atoms with Gasteiger partial charge in [0.15, 0.2) is 0 Å². The summed E-state index contributed by atoms with van der Waals surface area (Å²) in [6.07, 6.45) is 5.55. The van der Waals surface area contributed by atoms with Crippen molar-refractivity contribution in [3.05, 3.63) is 23.8 Å². The Hall–Kier alpha value is -1.92. The Morgan fingerprint density at radius 1 is 1.15 bits per heavy atom. The number of benzene rings is 1. The van der Waals surface area contributed by atoms with Gasteiger partial charge in [-0.2, -0.15) is 0 Å². The lowest BCUT2D eigenvalue weighted by atomic mass is 9.98. The number of nitrogens with zero attached hydrogens (tertiary/aromatic N) is 1. The van der Waals surface area contributed by atoms with Crippen molar-refractivity contribution in [3.8, 4) is 0 Å². The van der Waals surface area contributed by atoms with Crippen LogP contribution in [-0.2, 0) is 9.59 Å². The number of nitrogens with one attached hydrogen (secondary N) is 3. The van der Waals surface area contributed by atoms with Gasteiger partial charge in [0.2, 0.25) is 11.8 Å². The molecule has 0 aliphatic carbocycles. The molecule has 1 unspecified atom stereocenters. The number of likely N-dealkylation sites (tertiary alicyclic amines) is 1. The summed E-state index contributed by atoms with van der Waals surface area (Å²) in [4.78, 5) is 27.0. The lowest BCUT2D eigenvalue weighted by Crippen LogP contribution is -2.37. The number of hydrogen-bond donors (Lipinski definition) is 3. The molecule has 1 atom stereocenters. The summed E-state index contributed by atoms with van der Waals surface area (Å²) >= 11 is 0. The first kappa shape index (κ1) is 18.9. The van der Waals surface area contributed by atoms with Crippen LogP contribution in [0.15, 0.2) is 18.2 Å². The highest BCUT2D eigenvalue weighted by atomic mass is 16.2. The van der Waals surface area contributed by atoms with E-state index in [1.807, 2.05) is 25.1 Å². The first-order valence-electron chi connectivity index (χ1n) is 9.76. The molecule has 2 saturated heterocycles. The minimum atomic E-state index is 0.00922. The summed E-state index contributed by atoms with van der Waals surface area (Å²) in [6, 6.07) is 5.69. The molecule has 1 aromatic carbocycles. The van der Waals surface area contributed by atoms with Crippen LogP contribution in [0.2, 0.25) is 0 Å². The molecule has 0 spiro atoms. The number of anilines is 2. The van der Waals surface area contributed by atoms with Crippen LogP contribution in [0.3, 0.4) is 0 Å². The first-order valence-corrected chi connectivity index (χ1v) is 9.76. The van der Waals surface area contributed by atoms with Gasteiger partial charge in [-0.05, 0) is 69.9 Å². The minimum Gasteiger partial charge on any atom is -0.326 e. The van der Waals surface area contributed by atoms with Gasteiger partial charge >= 0.3 is 0 Å². The third-order valence-electron chi connectivity index (χ3n) is 5.26. The topological polar surface area (TPSA) is 73.5 Å². The van der Waals surface area contributed by atoms with Crippen LogP contribution in [0.4, 0.5) is 11.4 Å². The van der Waals surface area contributed by atoms with Gasteiger partial charge in [0.1, 0.15) is 0 Å². The normalized spacial score (nSPS) is 21.2. The van der Waals surface area contributed by atoms with E-state index in [1.54, 1.807) is 0 Å². The fourth-order valence-corrected chi connectivity index (χ4v) is 3.66. The van der Waals surface area contributed by atoms with Crippen molar-refractivity contribution in [2.75, 3.05) is 43.4 Å². The summed E-state index contributed by atoms with van der Waals surface area (Å²) in [7, 11) is 0. The zero-order valence-electron chi connectivity index (χ0n) is 15.6. The van der Waals surface area contributed by atoms with E-state index in [9.17, 15) is 9.59 Å². The highest BCUT2D eigenvalue weighted by Gasteiger charge is 2.21. The first-order chi connectivity index (χ1) is 12.6. The van der Waals surface area contributed by atoms with Crippen molar-refractivity contribution in [2.24, 2.45) is 5.92 Å². The van der Waals surface area contributed by atoms with E-state index < -0.39 is 0 Å². The van der Waals surface area contributed by atoms with E-state index in [4.69, 9.17) is 0 Å². The molecule has 0 saturated carbocycles. The lowest BCUT2D eigenvalue weighted by Gasteiger charge is -2.25. The van der Waals surface area contributed by atoms with Crippen molar-refractivity contribution >= 4 is 23.2 Å². The number of rotatable bonds is 5. The molecule has 3 N–H and O–H groups in total. The summed E-state index contributed by atoms with van der Waals surface area (Å²) in [5, 5.41) is 9.26. The summed E-state index contributed by atoms with van der Waals surface area (Å²) in [6.45, 7) is 6.12. The Labute approximate surface area is 155 Å². The van der Waals surface area contributed by atoms with Crippen LogP contribution in [0.25, 0.3) is 0 Å². The van der Waals surface area contributed by atoms with E-state index in [0.717, 1.165) is 56.0 Å². The minimum absolute atomic E-state index is 0.00922. The molecule has 0 radical (unpaired) electrons. The molecule has 0 aromatic heterocycles. The second kappa shape index (κ2) is 9.14. The van der Waals surface area contributed by atoms with Gasteiger partial charge in [0.25, 0.3) is 0 Å². The van der Waals surface area contributed by atoms with Crippen LogP contribution < -0.4 is 16.0 Å². The third kappa shape index (κ3) is 5.29. The summed E-state index contributed by atoms with van der Waals surface area (Å²) < 4.78 is 0. The van der Waals surface area contributed by atoms with Crippen molar-refractivity contribution in [3.63, 3.8) is 0 Å². The standard InChI is InChI=1S/C20H30N4O2/c1-15-7-8-17(22-20(26)16-6-5-9-21-13-16)12-18(15)23-19(25)14-24-10-3-2-4-11-24/h7-8,12,16,21H,2-6,9-11,13-14H2,1H3,(H,22,26)(H,23,25). The van der Waals surface area contributed by atoms with Gasteiger partial charge in [0, 0.05) is 17.9 Å². The van der Waals surface area contributed by atoms with Gasteiger partial charge in [-0.25, -0.2) is 0 Å². The van der Waals surface area contributed by atoms with Crippen molar-refractivity contribution in [1.29, 1.82) is 0 Å². The fourth-order valence-electron chi connectivity index (χ4n) is 3.66. The summed E-state index contributed by atoms with van der Waals surface area (Å²) in [5.41, 5.74) is 2.50. The molecule has 6 nitrogen and oxygen atoms in total. The predicted octanol–water partition coefficient (Wildman–Crippen LogP) is 2.36. The van der Waals surface area contributed by atoms with E-state index in [2.05, 4.69) is 20.9 Å². The molecule has 2 aliphatic rings. The van der Waals surface area contributed by atoms with Crippen LogP contribution in [-0.4, -0.2) is 49.4 Å². The van der Waals surface area contributed by atoms with Gasteiger partial charge in [-0.1, -0.05) is 12.5 Å². The van der Waals surface area contributed by atoms with Gasteiger partial charge in [0.05, 0.1) is 12.5 Å². The quantitative estimate of drug-likeness (QED) is 0.755. The number of piperidine rings is 2. The molecule has 2 fully saturated rings. The number of hydrogen-bond acceptors (Lipinski definition) is 4. The largest absolute Gasteiger partial charge is 0.326 e. The van der Waals surface area contributed by atoms with Gasteiger partial charge in [-0.3, -0.25) is 14.5 Å². The number of amides is 2. The fraction of sp³-hybridized carbons (Fsp3) is 0.600. The van der Waals surface area contributed by atoms with Crippen LogP contribution in [0.5, 0.6) is 0 Å². The van der Waals surface area contributed by atoms with Crippen molar-refractivity contribution < 1.29 is 9.59 Å². The second-order valence-corrected chi connectivity index (χ2v) is 7.45. The number of aryl methyl sites for hydroxylation is 1. The van der Waals surface area contributed by atoms with Gasteiger partial charge in [-0.15, -0.1) is 0 Å². The maximum absolute atomic E-state index is 12.4. The zero-order chi connectivity index (χ0) is 18.4. The molecule has 26 heavy (non-hydrogen) atoms. The number of carbonyl (C=O) groups excluding carboxylic acids is 2. The smallest absolute Gasteiger partial charge is 0.238 e. The predicted molar refractivity (Wildman–Crippen MR) is 104 cm³/mol. The molecule has 142 valence electrons. The van der Waals surface area contributed by atoms with E-state index in [-0.39, 0.29) is 17.7 Å². The Kier molecular flexibility index (Phi) is 6.63.